The fourth-order valence-electron chi connectivity index (χ4n) is 5.00. The van der Waals surface area contributed by atoms with Crippen molar-refractivity contribution in [2.45, 2.75) is 33.2 Å². The second kappa shape index (κ2) is 11.6. The number of anilines is 1. The highest BCUT2D eigenvalue weighted by atomic mass is 32.2. The lowest BCUT2D eigenvalue weighted by Crippen LogP contribution is -2.56. The number of aryl methyl sites for hydroxylation is 2. The van der Waals surface area contributed by atoms with E-state index in [9.17, 15) is 14.4 Å². The van der Waals surface area contributed by atoms with E-state index >= 15 is 0 Å². The van der Waals surface area contributed by atoms with Crippen LogP contribution in [0.15, 0.2) is 80.8 Å². The third-order valence-electron chi connectivity index (χ3n) is 7.45. The topological polar surface area (TPSA) is 72.9 Å². The number of carbonyl (C=O) groups is 3. The van der Waals surface area contributed by atoms with Gasteiger partial charge < -0.3 is 9.47 Å². The summed E-state index contributed by atoms with van der Waals surface area (Å²) in [7, 11) is 2.54. The molecule has 0 N–H and O–H groups in total. The van der Waals surface area contributed by atoms with E-state index in [4.69, 9.17) is 21.7 Å². The predicted octanol–water partition coefficient (Wildman–Crippen LogP) is 7.49. The second-order valence-corrected chi connectivity index (χ2v) is 13.1. The first-order valence-electron chi connectivity index (χ1n) is 13.2. The van der Waals surface area contributed by atoms with E-state index in [-0.39, 0.29) is 15.7 Å². The van der Waals surface area contributed by atoms with Gasteiger partial charge in [0, 0.05) is 16.7 Å². The van der Waals surface area contributed by atoms with Crippen LogP contribution in [0.4, 0.5) is 5.69 Å². The molecule has 214 valence electrons. The number of methoxy groups -OCH3 is 2. The molecule has 2 heterocycles. The maximum atomic E-state index is 14.3. The van der Waals surface area contributed by atoms with Crippen molar-refractivity contribution in [2.24, 2.45) is 0 Å². The zero-order chi connectivity index (χ0) is 30.3. The van der Waals surface area contributed by atoms with Crippen LogP contribution in [0.25, 0.3) is 16.7 Å². The zero-order valence-electron chi connectivity index (χ0n) is 24.1. The third-order valence-corrected chi connectivity index (χ3v) is 10.7. The molecule has 0 saturated carbocycles. The number of thiocarbonyl (C=S) groups is 1. The van der Waals surface area contributed by atoms with Crippen molar-refractivity contribution in [2.75, 3.05) is 19.1 Å². The Hall–Kier alpha value is -3.66. The van der Waals surface area contributed by atoms with E-state index in [1.807, 2.05) is 94.4 Å². The molecule has 0 aromatic heterocycles. The van der Waals surface area contributed by atoms with E-state index in [0.717, 1.165) is 51.3 Å². The van der Waals surface area contributed by atoms with Gasteiger partial charge in [0.1, 0.15) is 9.81 Å². The predicted molar refractivity (Wildman–Crippen MR) is 174 cm³/mol. The van der Waals surface area contributed by atoms with E-state index < -0.39 is 17.5 Å². The molecular weight excluding hydrogens is 587 g/mol. The summed E-state index contributed by atoms with van der Waals surface area (Å²) < 4.78 is 10.6. The van der Waals surface area contributed by atoms with Gasteiger partial charge in [-0.05, 0) is 74.2 Å². The summed E-state index contributed by atoms with van der Waals surface area (Å²) in [6.07, 6.45) is 0. The van der Waals surface area contributed by atoms with Gasteiger partial charge in [-0.15, -0.1) is 0 Å². The molecule has 0 bridgehead atoms. The number of hydrogen-bond acceptors (Lipinski definition) is 8. The molecule has 0 radical (unpaired) electrons. The van der Waals surface area contributed by atoms with Crippen LogP contribution >= 0.6 is 35.7 Å². The van der Waals surface area contributed by atoms with Crippen molar-refractivity contribution in [1.29, 1.82) is 0 Å². The summed E-state index contributed by atoms with van der Waals surface area (Å²) in [5.41, 5.74) is 5.95. The van der Waals surface area contributed by atoms with Gasteiger partial charge in [0.25, 0.3) is 5.91 Å². The summed E-state index contributed by atoms with van der Waals surface area (Å²) in [5, 5.41) is 0. The van der Waals surface area contributed by atoms with E-state index in [1.165, 1.54) is 14.2 Å². The quantitative estimate of drug-likeness (QED) is 0.170. The fourth-order valence-corrected chi connectivity index (χ4v) is 8.04. The minimum Gasteiger partial charge on any atom is -0.465 e. The van der Waals surface area contributed by atoms with Gasteiger partial charge in [-0.3, -0.25) is 9.69 Å². The van der Waals surface area contributed by atoms with Crippen LogP contribution in [0.3, 0.4) is 0 Å². The number of nitrogens with zero attached hydrogens (tertiary/aromatic N) is 1. The number of esters is 2. The van der Waals surface area contributed by atoms with Crippen LogP contribution in [-0.2, 0) is 19.1 Å². The van der Waals surface area contributed by atoms with Gasteiger partial charge >= 0.3 is 11.9 Å². The molecule has 0 aliphatic carbocycles. The molecular formula is C33H29NO5S3. The SMILES string of the molecule is COC(=O)C1=C(C(=O)OC)SC(=C2C(=S)C(C)(C)N(C(=O)c3ccc(-c4ccccc4)cc3)c3cc(C)c(C)cc32)S1. The maximum Gasteiger partial charge on any atom is 0.346 e. The molecule has 1 amide bonds. The van der Waals surface area contributed by atoms with Crippen molar-refractivity contribution in [3.8, 4) is 11.1 Å². The molecule has 0 unspecified atom stereocenters. The van der Waals surface area contributed by atoms with Crippen LogP contribution < -0.4 is 4.90 Å². The first kappa shape index (κ1) is 29.8. The molecule has 0 saturated heterocycles. The minimum atomic E-state index is -0.915. The zero-order valence-corrected chi connectivity index (χ0v) is 26.5. The first-order valence-corrected chi connectivity index (χ1v) is 15.2. The third kappa shape index (κ3) is 5.10. The summed E-state index contributed by atoms with van der Waals surface area (Å²) in [6.45, 7) is 7.85. The largest absolute Gasteiger partial charge is 0.465 e. The van der Waals surface area contributed by atoms with Gasteiger partial charge in [0.15, 0.2) is 0 Å². The van der Waals surface area contributed by atoms with Crippen molar-refractivity contribution < 1.29 is 23.9 Å². The van der Waals surface area contributed by atoms with Gasteiger partial charge in [0.2, 0.25) is 0 Å². The normalized spacial score (nSPS) is 16.0. The Morgan fingerprint density at radius 2 is 1.31 bits per heavy atom. The van der Waals surface area contributed by atoms with E-state index in [0.29, 0.717) is 25.9 Å². The number of rotatable bonds is 4. The molecule has 6 nitrogen and oxygen atoms in total. The van der Waals surface area contributed by atoms with Gasteiger partial charge in [-0.2, -0.15) is 0 Å². The molecule has 3 aromatic rings. The Morgan fingerprint density at radius 1 is 0.786 bits per heavy atom. The number of amides is 1. The Morgan fingerprint density at radius 3 is 1.86 bits per heavy atom. The standard InChI is InChI=1S/C33H29NO5S3/c1-18-16-23-24(17-19(18)2)34(29(35)22-14-12-21(13-15-22)20-10-8-7-9-11-20)33(3,4)28(40)25(23)32-41-26(30(36)38-5)27(42-32)31(37)39-6/h7-17H,1-6H3. The summed E-state index contributed by atoms with van der Waals surface area (Å²) >= 11 is 8.40. The monoisotopic (exact) mass is 615 g/mol. The molecule has 2 aliphatic heterocycles. The lowest BCUT2D eigenvalue weighted by Gasteiger charge is -2.45. The fraction of sp³-hybridized carbons (Fsp3) is 0.212. The molecule has 0 spiro atoms. The second-order valence-electron chi connectivity index (χ2n) is 10.4. The maximum absolute atomic E-state index is 14.3. The molecule has 42 heavy (non-hydrogen) atoms. The minimum absolute atomic E-state index is 0.153. The molecule has 5 rings (SSSR count). The summed E-state index contributed by atoms with van der Waals surface area (Å²) in [5.74, 6) is -1.42. The van der Waals surface area contributed by atoms with Crippen LogP contribution in [-0.4, -0.2) is 42.5 Å². The average Bonchev–Trinajstić information content (AvgIpc) is 3.43. The number of ether oxygens (including phenoxy) is 2. The van der Waals surface area contributed by atoms with Crippen molar-refractivity contribution in [1.82, 2.24) is 0 Å². The van der Waals surface area contributed by atoms with Crippen molar-refractivity contribution in [3.63, 3.8) is 0 Å². The summed E-state index contributed by atoms with van der Waals surface area (Å²) in [4.78, 5) is 42.1. The Kier molecular flexibility index (Phi) is 8.20. The van der Waals surface area contributed by atoms with Crippen LogP contribution in [0.2, 0.25) is 0 Å². The summed E-state index contributed by atoms with van der Waals surface area (Å²) in [6, 6.07) is 21.6. The smallest absolute Gasteiger partial charge is 0.346 e. The molecule has 3 aromatic carbocycles. The van der Waals surface area contributed by atoms with Crippen molar-refractivity contribution >= 4 is 69.7 Å². The molecule has 0 fully saturated rings. The van der Waals surface area contributed by atoms with Crippen molar-refractivity contribution in [3.05, 3.63) is 103 Å². The van der Waals surface area contributed by atoms with Gasteiger partial charge in [0.05, 0.1) is 34.5 Å². The number of thioether (sulfide) groups is 2. The number of benzene rings is 3. The van der Waals surface area contributed by atoms with Gasteiger partial charge in [-0.25, -0.2) is 9.59 Å². The molecule has 0 atom stereocenters. The van der Waals surface area contributed by atoms with E-state index in [1.54, 1.807) is 4.90 Å². The van der Waals surface area contributed by atoms with Gasteiger partial charge in [-0.1, -0.05) is 78.2 Å². The van der Waals surface area contributed by atoms with E-state index in [2.05, 4.69) is 0 Å². The lowest BCUT2D eigenvalue weighted by molar-refractivity contribution is -0.138. The highest BCUT2D eigenvalue weighted by Crippen LogP contribution is 2.56. The Balaban J connectivity index is 1.63. The van der Waals surface area contributed by atoms with Crippen LogP contribution in [0.5, 0.6) is 0 Å². The lowest BCUT2D eigenvalue weighted by atomic mass is 9.81. The highest BCUT2D eigenvalue weighted by Gasteiger charge is 2.46. The number of fused-ring (bicyclic) bond motifs is 1. The molecule has 2 aliphatic rings. The Labute approximate surface area is 259 Å². The Bertz CT molecular complexity index is 1680. The molecule has 9 heteroatoms. The highest BCUT2D eigenvalue weighted by molar-refractivity contribution is 8.29. The van der Waals surface area contributed by atoms with Crippen LogP contribution in [0.1, 0.15) is 40.9 Å². The number of hydrogen-bond donors (Lipinski definition) is 0. The number of carbonyl (C=O) groups excluding carboxylic acids is 3. The average molecular weight is 616 g/mol. The van der Waals surface area contributed by atoms with Crippen LogP contribution in [0, 0.1) is 13.8 Å². The first-order chi connectivity index (χ1) is 20.0.